The summed E-state index contributed by atoms with van der Waals surface area (Å²) < 4.78 is 5.20. The molecule has 3 heteroatoms. The van der Waals surface area contributed by atoms with Gasteiger partial charge in [0, 0.05) is 19.3 Å². The molecule has 0 radical (unpaired) electrons. The Hall–Kier alpha value is -1.77. The number of hydrogen-bond acceptors (Lipinski definition) is 3. The van der Waals surface area contributed by atoms with E-state index in [-0.39, 0.29) is 5.97 Å². The van der Waals surface area contributed by atoms with Gasteiger partial charge < -0.3 is 9.64 Å². The Bertz CT molecular complexity index is 451. The van der Waals surface area contributed by atoms with Crippen molar-refractivity contribution >= 4 is 11.5 Å². The number of allylic oxidation sites excluding steroid dienone is 1. The van der Waals surface area contributed by atoms with Gasteiger partial charge in [0.2, 0.25) is 0 Å². The molecule has 1 fully saturated rings. The summed E-state index contributed by atoms with van der Waals surface area (Å²) in [6, 6.07) is 9.78. The van der Waals surface area contributed by atoms with Crippen molar-refractivity contribution in [2.45, 2.75) is 19.8 Å². The highest BCUT2D eigenvalue weighted by atomic mass is 16.5. The van der Waals surface area contributed by atoms with Gasteiger partial charge in [-0.2, -0.15) is 0 Å². The first-order chi connectivity index (χ1) is 8.74. The largest absolute Gasteiger partial charge is 0.462 e. The fourth-order valence-corrected chi connectivity index (χ4v) is 2.34. The van der Waals surface area contributed by atoms with Gasteiger partial charge in [0.1, 0.15) is 0 Å². The molecule has 0 unspecified atom stereocenters. The van der Waals surface area contributed by atoms with Crippen molar-refractivity contribution < 1.29 is 9.53 Å². The molecule has 2 rings (SSSR count). The molecule has 0 aromatic heterocycles. The van der Waals surface area contributed by atoms with E-state index in [0.717, 1.165) is 36.2 Å². The molecule has 1 aliphatic rings. The molecule has 1 saturated heterocycles. The molecule has 0 saturated carbocycles. The van der Waals surface area contributed by atoms with E-state index in [4.69, 9.17) is 4.74 Å². The second kappa shape index (κ2) is 5.71. The minimum Gasteiger partial charge on any atom is -0.462 e. The van der Waals surface area contributed by atoms with E-state index in [2.05, 4.69) is 4.90 Å². The standard InChI is InChI=1S/C15H19NO2/c1-3-18-15(17)14(12-8-5-4-6-9-12)13-10-7-11-16(13)2/h4-6,8-9H,3,7,10-11H2,1-2H3. The third-order valence-electron chi connectivity index (χ3n) is 3.20. The Morgan fingerprint density at radius 3 is 2.61 bits per heavy atom. The Kier molecular flexibility index (Phi) is 4.03. The molecule has 1 aliphatic heterocycles. The van der Waals surface area contributed by atoms with Crippen molar-refractivity contribution in [1.82, 2.24) is 4.90 Å². The lowest BCUT2D eigenvalue weighted by atomic mass is 10.0. The monoisotopic (exact) mass is 245 g/mol. The van der Waals surface area contributed by atoms with Crippen LogP contribution in [0, 0.1) is 0 Å². The van der Waals surface area contributed by atoms with E-state index in [9.17, 15) is 4.79 Å². The SMILES string of the molecule is CCOC(=O)C(=C1CCCN1C)c1ccccc1. The first-order valence-electron chi connectivity index (χ1n) is 6.41. The van der Waals surface area contributed by atoms with Crippen LogP contribution < -0.4 is 0 Å². The van der Waals surface area contributed by atoms with Gasteiger partial charge in [-0.25, -0.2) is 4.79 Å². The van der Waals surface area contributed by atoms with Gasteiger partial charge in [0.05, 0.1) is 12.2 Å². The maximum Gasteiger partial charge on any atom is 0.340 e. The third kappa shape index (κ3) is 2.55. The Morgan fingerprint density at radius 2 is 2.06 bits per heavy atom. The predicted octanol–water partition coefficient (Wildman–Crippen LogP) is 2.69. The summed E-state index contributed by atoms with van der Waals surface area (Å²) in [7, 11) is 2.03. The molecule has 0 amide bonds. The summed E-state index contributed by atoms with van der Waals surface area (Å²) in [5.41, 5.74) is 2.76. The number of benzene rings is 1. The quantitative estimate of drug-likeness (QED) is 0.605. The van der Waals surface area contributed by atoms with Crippen LogP contribution in [0.5, 0.6) is 0 Å². The van der Waals surface area contributed by atoms with Crippen LogP contribution in [-0.4, -0.2) is 31.1 Å². The fraction of sp³-hybridized carbons (Fsp3) is 0.400. The average Bonchev–Trinajstić information content (AvgIpc) is 2.78. The van der Waals surface area contributed by atoms with Crippen LogP contribution in [-0.2, 0) is 9.53 Å². The van der Waals surface area contributed by atoms with E-state index in [0.29, 0.717) is 6.61 Å². The zero-order valence-corrected chi connectivity index (χ0v) is 11.0. The summed E-state index contributed by atoms with van der Waals surface area (Å²) in [5.74, 6) is -0.215. The van der Waals surface area contributed by atoms with Crippen molar-refractivity contribution in [1.29, 1.82) is 0 Å². The summed E-state index contributed by atoms with van der Waals surface area (Å²) in [4.78, 5) is 14.3. The molecule has 0 bridgehead atoms. The van der Waals surface area contributed by atoms with Gasteiger partial charge in [-0.15, -0.1) is 0 Å². The van der Waals surface area contributed by atoms with Gasteiger partial charge in [-0.3, -0.25) is 0 Å². The highest BCUT2D eigenvalue weighted by Crippen LogP contribution is 2.29. The fourth-order valence-electron chi connectivity index (χ4n) is 2.34. The Labute approximate surface area is 108 Å². The van der Waals surface area contributed by atoms with E-state index in [1.165, 1.54) is 0 Å². The molecular formula is C15H19NO2. The molecule has 1 aromatic carbocycles. The second-order valence-corrected chi connectivity index (χ2v) is 4.43. The van der Waals surface area contributed by atoms with E-state index >= 15 is 0 Å². The molecule has 3 nitrogen and oxygen atoms in total. The lowest BCUT2D eigenvalue weighted by Crippen LogP contribution is -2.17. The molecule has 0 spiro atoms. The first kappa shape index (κ1) is 12.7. The number of rotatable bonds is 3. The van der Waals surface area contributed by atoms with E-state index in [1.807, 2.05) is 44.3 Å². The summed E-state index contributed by atoms with van der Waals surface area (Å²) in [6.07, 6.45) is 2.04. The molecule has 0 aliphatic carbocycles. The molecular weight excluding hydrogens is 226 g/mol. The van der Waals surface area contributed by atoms with Crippen LogP contribution in [0.15, 0.2) is 36.0 Å². The maximum atomic E-state index is 12.2. The number of carbonyl (C=O) groups excluding carboxylic acids is 1. The lowest BCUT2D eigenvalue weighted by Gasteiger charge is -2.18. The zero-order valence-electron chi connectivity index (χ0n) is 11.0. The number of hydrogen-bond donors (Lipinski definition) is 0. The molecule has 96 valence electrons. The third-order valence-corrected chi connectivity index (χ3v) is 3.20. The number of carbonyl (C=O) groups is 1. The minimum absolute atomic E-state index is 0.215. The number of likely N-dealkylation sites (tertiary alicyclic amines) is 1. The van der Waals surface area contributed by atoms with Crippen LogP contribution in [0.3, 0.4) is 0 Å². The van der Waals surface area contributed by atoms with Crippen molar-refractivity contribution in [3.8, 4) is 0 Å². The number of ether oxygens (including phenoxy) is 1. The smallest absolute Gasteiger partial charge is 0.340 e. The lowest BCUT2D eigenvalue weighted by molar-refractivity contribution is -0.136. The van der Waals surface area contributed by atoms with Crippen molar-refractivity contribution in [3.63, 3.8) is 0 Å². The van der Waals surface area contributed by atoms with Crippen molar-refractivity contribution in [2.24, 2.45) is 0 Å². The Balaban J connectivity index is 2.44. The van der Waals surface area contributed by atoms with Crippen LogP contribution in [0.2, 0.25) is 0 Å². The number of nitrogens with zero attached hydrogens (tertiary/aromatic N) is 1. The average molecular weight is 245 g/mol. The van der Waals surface area contributed by atoms with Crippen LogP contribution in [0.25, 0.3) is 5.57 Å². The highest BCUT2D eigenvalue weighted by Gasteiger charge is 2.24. The summed E-state index contributed by atoms with van der Waals surface area (Å²) in [6.45, 7) is 3.25. The van der Waals surface area contributed by atoms with Gasteiger partial charge in [-0.05, 0) is 25.3 Å². The molecule has 18 heavy (non-hydrogen) atoms. The minimum atomic E-state index is -0.215. The molecule has 0 N–H and O–H groups in total. The van der Waals surface area contributed by atoms with E-state index in [1.54, 1.807) is 0 Å². The predicted molar refractivity (Wildman–Crippen MR) is 71.9 cm³/mol. The maximum absolute atomic E-state index is 12.2. The zero-order chi connectivity index (χ0) is 13.0. The normalized spacial score (nSPS) is 17.8. The molecule has 1 heterocycles. The van der Waals surface area contributed by atoms with Gasteiger partial charge in [0.25, 0.3) is 0 Å². The van der Waals surface area contributed by atoms with Crippen molar-refractivity contribution in [3.05, 3.63) is 41.6 Å². The van der Waals surface area contributed by atoms with Gasteiger partial charge >= 0.3 is 5.97 Å². The summed E-state index contributed by atoms with van der Waals surface area (Å²) in [5, 5.41) is 0. The molecule has 1 aromatic rings. The second-order valence-electron chi connectivity index (χ2n) is 4.43. The first-order valence-corrected chi connectivity index (χ1v) is 6.41. The van der Waals surface area contributed by atoms with Crippen molar-refractivity contribution in [2.75, 3.05) is 20.2 Å². The van der Waals surface area contributed by atoms with E-state index < -0.39 is 0 Å². The Morgan fingerprint density at radius 1 is 1.33 bits per heavy atom. The van der Waals surface area contributed by atoms with Crippen LogP contribution in [0.1, 0.15) is 25.3 Å². The highest BCUT2D eigenvalue weighted by molar-refractivity contribution is 6.17. The van der Waals surface area contributed by atoms with Gasteiger partial charge in [-0.1, -0.05) is 30.3 Å². The topological polar surface area (TPSA) is 29.5 Å². The molecule has 0 atom stereocenters. The summed E-state index contributed by atoms with van der Waals surface area (Å²) >= 11 is 0. The van der Waals surface area contributed by atoms with Crippen LogP contribution >= 0.6 is 0 Å². The van der Waals surface area contributed by atoms with Gasteiger partial charge in [0.15, 0.2) is 0 Å². The number of esters is 1. The van der Waals surface area contributed by atoms with Crippen LogP contribution in [0.4, 0.5) is 0 Å².